The Labute approximate surface area is 156 Å². The number of aliphatic hydroxyl groups is 2. The topological polar surface area (TPSA) is 74.6 Å². The van der Waals surface area contributed by atoms with Crippen LogP contribution in [0.3, 0.4) is 0 Å². The highest BCUT2D eigenvalue weighted by molar-refractivity contribution is 7.92. The molecule has 140 valence electrons. The third-order valence-electron chi connectivity index (χ3n) is 5.23. The first kappa shape index (κ1) is 19.3. The van der Waals surface area contributed by atoms with Crippen molar-refractivity contribution >= 4 is 28.3 Å². The molecule has 0 atom stereocenters. The lowest BCUT2D eigenvalue weighted by molar-refractivity contribution is 0.0753. The van der Waals surface area contributed by atoms with Crippen LogP contribution in [0.1, 0.15) is 38.8 Å². The van der Waals surface area contributed by atoms with Gasteiger partial charge in [-0.25, -0.2) is 8.42 Å². The third kappa shape index (κ3) is 2.67. The number of fused-ring (bicyclic) bond motifs is 2. The SMILES string of the molecule is CC(C)(O)c1cccc2c1S(=O)(=O)c1c(C(C)(C)O)cccc1[Si]2(C)C. The van der Waals surface area contributed by atoms with Gasteiger partial charge >= 0.3 is 0 Å². The highest BCUT2D eigenvalue weighted by Crippen LogP contribution is 2.38. The zero-order valence-corrected chi connectivity index (χ0v) is 17.9. The van der Waals surface area contributed by atoms with Crippen molar-refractivity contribution in [1.82, 2.24) is 0 Å². The zero-order chi connectivity index (χ0) is 19.7. The summed E-state index contributed by atoms with van der Waals surface area (Å²) in [5, 5.41) is 22.9. The summed E-state index contributed by atoms with van der Waals surface area (Å²) in [6.45, 7) is 10.6. The summed E-state index contributed by atoms with van der Waals surface area (Å²) in [6, 6.07) is 10.7. The molecule has 1 heterocycles. The lowest BCUT2D eigenvalue weighted by Crippen LogP contribution is -2.60. The largest absolute Gasteiger partial charge is 0.386 e. The summed E-state index contributed by atoms with van der Waals surface area (Å²) >= 11 is 0. The molecule has 6 heteroatoms. The van der Waals surface area contributed by atoms with Crippen molar-refractivity contribution in [3.8, 4) is 0 Å². The molecule has 0 unspecified atom stereocenters. The summed E-state index contributed by atoms with van der Waals surface area (Å²) in [4.78, 5) is 0.432. The van der Waals surface area contributed by atoms with Gasteiger partial charge < -0.3 is 10.2 Å². The second kappa shape index (κ2) is 5.52. The van der Waals surface area contributed by atoms with Crippen LogP contribution in [0.2, 0.25) is 13.1 Å². The van der Waals surface area contributed by atoms with Crippen molar-refractivity contribution in [1.29, 1.82) is 0 Å². The molecule has 0 aromatic heterocycles. The molecule has 3 rings (SSSR count). The van der Waals surface area contributed by atoms with Crippen molar-refractivity contribution in [2.45, 2.75) is 61.8 Å². The predicted molar refractivity (Wildman–Crippen MR) is 106 cm³/mol. The van der Waals surface area contributed by atoms with Crippen LogP contribution in [0.5, 0.6) is 0 Å². The molecule has 0 spiro atoms. The van der Waals surface area contributed by atoms with Crippen LogP contribution >= 0.6 is 0 Å². The average Bonchev–Trinajstić information content (AvgIpc) is 2.50. The van der Waals surface area contributed by atoms with Crippen molar-refractivity contribution in [2.75, 3.05) is 0 Å². The molecule has 0 fully saturated rings. The van der Waals surface area contributed by atoms with E-state index < -0.39 is 29.1 Å². The zero-order valence-electron chi connectivity index (χ0n) is 16.1. The molecule has 26 heavy (non-hydrogen) atoms. The Hall–Kier alpha value is -1.47. The molecule has 0 bridgehead atoms. The van der Waals surface area contributed by atoms with Crippen LogP contribution in [0, 0.1) is 0 Å². The van der Waals surface area contributed by atoms with E-state index in [1.54, 1.807) is 39.8 Å². The smallest absolute Gasteiger partial charge is 0.207 e. The number of rotatable bonds is 2. The van der Waals surface area contributed by atoms with E-state index in [-0.39, 0.29) is 9.79 Å². The minimum absolute atomic E-state index is 0.216. The van der Waals surface area contributed by atoms with Gasteiger partial charge in [0, 0.05) is 11.1 Å². The van der Waals surface area contributed by atoms with Crippen molar-refractivity contribution in [3.63, 3.8) is 0 Å². The van der Waals surface area contributed by atoms with Crippen LogP contribution in [0.25, 0.3) is 0 Å². The van der Waals surface area contributed by atoms with Crippen LogP contribution in [-0.4, -0.2) is 26.7 Å². The molecule has 0 saturated carbocycles. The number of hydrogen-bond donors (Lipinski definition) is 2. The van der Waals surface area contributed by atoms with E-state index in [1.165, 1.54) is 0 Å². The van der Waals surface area contributed by atoms with Crippen molar-refractivity contribution < 1.29 is 18.6 Å². The van der Waals surface area contributed by atoms with E-state index in [1.807, 2.05) is 24.3 Å². The minimum atomic E-state index is -3.89. The van der Waals surface area contributed by atoms with Gasteiger partial charge in [-0.15, -0.1) is 0 Å². The molecule has 4 nitrogen and oxygen atoms in total. The summed E-state index contributed by atoms with van der Waals surface area (Å²) in [5.41, 5.74) is -1.76. The first-order valence-corrected chi connectivity index (χ1v) is 13.2. The second-order valence-electron chi connectivity index (χ2n) is 8.61. The van der Waals surface area contributed by atoms with E-state index in [9.17, 15) is 18.6 Å². The molecule has 0 amide bonds. The minimum Gasteiger partial charge on any atom is -0.386 e. The fourth-order valence-corrected chi connectivity index (χ4v) is 11.0. The fourth-order valence-electron chi connectivity index (χ4n) is 3.85. The van der Waals surface area contributed by atoms with Gasteiger partial charge in [-0.05, 0) is 38.1 Å². The Morgan fingerprint density at radius 1 is 0.769 bits per heavy atom. The Morgan fingerprint density at radius 3 is 1.42 bits per heavy atom. The standard InChI is InChI=1S/C20H26O4SSi/c1-19(2,21)13-9-7-11-15-17(13)25(23,24)18-14(20(3,4)22)10-8-12-16(18)26(15,5)6/h7-12,21-22H,1-6H3. The second-order valence-corrected chi connectivity index (χ2v) is 14.8. The van der Waals surface area contributed by atoms with E-state index in [4.69, 9.17) is 0 Å². The van der Waals surface area contributed by atoms with Gasteiger partial charge in [0.05, 0.1) is 21.0 Å². The molecule has 0 aliphatic carbocycles. The normalized spacial score (nSPS) is 18.2. The van der Waals surface area contributed by atoms with Crippen LogP contribution in [0.15, 0.2) is 46.2 Å². The maximum atomic E-state index is 13.7. The first-order valence-electron chi connectivity index (χ1n) is 8.68. The number of hydrogen-bond acceptors (Lipinski definition) is 4. The Morgan fingerprint density at radius 2 is 1.12 bits per heavy atom. The summed E-state index contributed by atoms with van der Waals surface area (Å²) in [6.07, 6.45) is 0. The molecule has 1 aliphatic heterocycles. The van der Waals surface area contributed by atoms with E-state index >= 15 is 0 Å². The van der Waals surface area contributed by atoms with Crippen LogP contribution in [0.4, 0.5) is 0 Å². The molecule has 2 N–H and O–H groups in total. The van der Waals surface area contributed by atoms with E-state index in [0.29, 0.717) is 11.1 Å². The first-order chi connectivity index (χ1) is 11.7. The van der Waals surface area contributed by atoms with Gasteiger partial charge in [0.1, 0.15) is 8.07 Å². The average molecular weight is 391 g/mol. The van der Waals surface area contributed by atoms with Gasteiger partial charge in [0.25, 0.3) is 0 Å². The summed E-state index contributed by atoms with van der Waals surface area (Å²) < 4.78 is 27.4. The highest BCUT2D eigenvalue weighted by Gasteiger charge is 2.46. The molecule has 2 aromatic rings. The van der Waals surface area contributed by atoms with Crippen molar-refractivity contribution in [2.24, 2.45) is 0 Å². The molecular weight excluding hydrogens is 364 g/mol. The van der Waals surface area contributed by atoms with Gasteiger partial charge in [0.15, 0.2) is 0 Å². The highest BCUT2D eigenvalue weighted by atomic mass is 32.2. The van der Waals surface area contributed by atoms with Gasteiger partial charge in [-0.1, -0.05) is 49.5 Å². The Kier molecular flexibility index (Phi) is 4.09. The van der Waals surface area contributed by atoms with Crippen molar-refractivity contribution in [3.05, 3.63) is 47.5 Å². The van der Waals surface area contributed by atoms with E-state index in [2.05, 4.69) is 13.1 Å². The Balaban J connectivity index is 2.54. The van der Waals surface area contributed by atoms with Gasteiger partial charge in [-0.3, -0.25) is 0 Å². The fraction of sp³-hybridized carbons (Fsp3) is 0.400. The molecule has 1 aliphatic rings. The monoisotopic (exact) mass is 390 g/mol. The summed E-state index contributed by atoms with van der Waals surface area (Å²) in [7, 11) is -6.23. The molecular formula is C20H26O4SSi. The maximum absolute atomic E-state index is 13.7. The van der Waals surface area contributed by atoms with Gasteiger partial charge in [0.2, 0.25) is 9.84 Å². The van der Waals surface area contributed by atoms with Gasteiger partial charge in [-0.2, -0.15) is 0 Å². The van der Waals surface area contributed by atoms with Crippen LogP contribution < -0.4 is 10.4 Å². The number of sulfone groups is 1. The lowest BCUT2D eigenvalue weighted by atomic mass is 9.98. The quantitative estimate of drug-likeness (QED) is 0.770. The molecule has 0 saturated heterocycles. The van der Waals surface area contributed by atoms with E-state index in [0.717, 1.165) is 10.4 Å². The molecule has 0 radical (unpaired) electrons. The van der Waals surface area contributed by atoms with Crippen LogP contribution in [-0.2, 0) is 21.0 Å². The lowest BCUT2D eigenvalue weighted by Gasteiger charge is -2.38. The number of benzene rings is 2. The molecule has 2 aromatic carbocycles. The predicted octanol–water partition coefficient (Wildman–Crippen LogP) is 2.11. The third-order valence-corrected chi connectivity index (χ3v) is 11.1. The maximum Gasteiger partial charge on any atom is 0.207 e. The summed E-state index contributed by atoms with van der Waals surface area (Å²) in [5.74, 6) is 0. The Bertz CT molecular complexity index is 920.